The molecule has 1 aromatic heterocycles. The van der Waals surface area contributed by atoms with Crippen molar-refractivity contribution in [2.45, 2.75) is 33.1 Å². The first-order valence-corrected chi connectivity index (χ1v) is 7.25. The average molecular weight is 275 g/mol. The van der Waals surface area contributed by atoms with Crippen molar-refractivity contribution in [3.8, 4) is 11.3 Å². The molecule has 0 aliphatic carbocycles. The van der Waals surface area contributed by atoms with Gasteiger partial charge in [-0.25, -0.2) is 4.98 Å². The van der Waals surface area contributed by atoms with Gasteiger partial charge >= 0.3 is 5.97 Å². The smallest absolute Gasteiger partial charge is 0.308 e. The molecule has 1 N–H and O–H groups in total. The van der Waals surface area contributed by atoms with E-state index in [1.807, 2.05) is 19.1 Å². The highest BCUT2D eigenvalue weighted by Crippen LogP contribution is 2.29. The summed E-state index contributed by atoms with van der Waals surface area (Å²) in [6, 6.07) is 8.20. The quantitative estimate of drug-likeness (QED) is 0.907. The van der Waals surface area contributed by atoms with E-state index in [1.165, 1.54) is 16.9 Å². The molecule has 3 nitrogen and oxygen atoms in total. The molecule has 0 amide bonds. The monoisotopic (exact) mass is 275 g/mol. The third-order valence-electron chi connectivity index (χ3n) is 2.99. The van der Waals surface area contributed by atoms with Crippen molar-refractivity contribution in [2.24, 2.45) is 0 Å². The van der Waals surface area contributed by atoms with E-state index in [2.05, 4.69) is 24.0 Å². The number of aliphatic carboxylic acids is 1. The molecule has 0 radical (unpaired) electrons. The zero-order valence-corrected chi connectivity index (χ0v) is 12.0. The maximum Gasteiger partial charge on any atom is 0.308 e. The summed E-state index contributed by atoms with van der Waals surface area (Å²) in [5.74, 6) is -0.808. The predicted octanol–water partition coefficient (Wildman–Crippen LogP) is 3.56. The number of aryl methyl sites for hydroxylation is 2. The highest BCUT2D eigenvalue weighted by atomic mass is 32.1. The van der Waals surface area contributed by atoms with Gasteiger partial charge in [-0.1, -0.05) is 38.1 Å². The fraction of sp³-hybridized carbons (Fsp3) is 0.333. The number of carbonyl (C=O) groups is 1. The molecular formula is C15H17NO2S. The van der Waals surface area contributed by atoms with Crippen LogP contribution < -0.4 is 0 Å². The Morgan fingerprint density at radius 3 is 2.42 bits per heavy atom. The first-order chi connectivity index (χ1) is 9.13. The van der Waals surface area contributed by atoms with E-state index in [-0.39, 0.29) is 6.42 Å². The lowest BCUT2D eigenvalue weighted by Gasteiger charge is -2.02. The lowest BCUT2D eigenvalue weighted by Crippen LogP contribution is -1.99. The second kappa shape index (κ2) is 5.97. The molecule has 1 aromatic carbocycles. The van der Waals surface area contributed by atoms with Crippen LogP contribution in [0.15, 0.2) is 24.3 Å². The Morgan fingerprint density at radius 2 is 1.89 bits per heavy atom. The van der Waals surface area contributed by atoms with Crippen LogP contribution >= 0.6 is 11.3 Å². The minimum Gasteiger partial charge on any atom is -0.481 e. The molecule has 0 unspecified atom stereocenters. The van der Waals surface area contributed by atoms with Crippen molar-refractivity contribution in [1.82, 2.24) is 4.98 Å². The number of hydrogen-bond acceptors (Lipinski definition) is 3. The van der Waals surface area contributed by atoms with Gasteiger partial charge in [-0.2, -0.15) is 0 Å². The Hall–Kier alpha value is -1.68. The first-order valence-electron chi connectivity index (χ1n) is 6.43. The summed E-state index contributed by atoms with van der Waals surface area (Å²) in [7, 11) is 0. The molecule has 2 rings (SSSR count). The minimum atomic E-state index is -0.808. The first kappa shape index (κ1) is 13.7. The molecule has 0 atom stereocenters. The largest absolute Gasteiger partial charge is 0.481 e. The summed E-state index contributed by atoms with van der Waals surface area (Å²) >= 11 is 1.50. The molecule has 0 bridgehead atoms. The number of nitrogens with zero attached hydrogens (tertiary/aromatic N) is 1. The third kappa shape index (κ3) is 3.20. The van der Waals surface area contributed by atoms with Crippen LogP contribution in [0.3, 0.4) is 0 Å². The number of carboxylic acids is 1. The molecule has 0 aliphatic rings. The standard InChI is InChI=1S/C15H17NO2S/c1-3-10-5-7-11(8-6-10)15-12(9-14(17)18)19-13(4-2)16-15/h5-8H,3-4,9H2,1-2H3,(H,17,18). The van der Waals surface area contributed by atoms with E-state index >= 15 is 0 Å². The number of aromatic nitrogens is 1. The summed E-state index contributed by atoms with van der Waals surface area (Å²) in [6.07, 6.45) is 1.88. The SMILES string of the molecule is CCc1ccc(-c2nc(CC)sc2CC(=O)O)cc1. The van der Waals surface area contributed by atoms with E-state index < -0.39 is 5.97 Å². The second-order valence-electron chi connectivity index (χ2n) is 4.35. The Kier molecular flexibility index (Phi) is 4.32. The second-order valence-corrected chi connectivity index (χ2v) is 5.52. The van der Waals surface area contributed by atoms with Crippen molar-refractivity contribution in [3.05, 3.63) is 39.7 Å². The van der Waals surface area contributed by atoms with Gasteiger partial charge in [0, 0.05) is 10.4 Å². The van der Waals surface area contributed by atoms with Crippen molar-refractivity contribution >= 4 is 17.3 Å². The van der Waals surface area contributed by atoms with Gasteiger partial charge < -0.3 is 5.11 Å². The Morgan fingerprint density at radius 1 is 1.21 bits per heavy atom. The highest BCUT2D eigenvalue weighted by Gasteiger charge is 2.14. The zero-order valence-electron chi connectivity index (χ0n) is 11.1. The molecule has 19 heavy (non-hydrogen) atoms. The van der Waals surface area contributed by atoms with Crippen LogP contribution in [0.25, 0.3) is 11.3 Å². The number of benzene rings is 1. The van der Waals surface area contributed by atoms with Gasteiger partial charge in [0.2, 0.25) is 0 Å². The van der Waals surface area contributed by atoms with Gasteiger partial charge in [-0.3, -0.25) is 4.79 Å². The lowest BCUT2D eigenvalue weighted by molar-refractivity contribution is -0.136. The molecule has 0 saturated carbocycles. The number of thiazole rings is 1. The van der Waals surface area contributed by atoms with E-state index in [0.29, 0.717) is 0 Å². The molecule has 0 spiro atoms. The molecule has 0 saturated heterocycles. The minimum absolute atomic E-state index is 0.0442. The molecule has 1 heterocycles. The summed E-state index contributed by atoms with van der Waals surface area (Å²) in [5, 5.41) is 9.97. The van der Waals surface area contributed by atoms with E-state index in [9.17, 15) is 4.79 Å². The lowest BCUT2D eigenvalue weighted by atomic mass is 10.1. The van der Waals surface area contributed by atoms with Crippen LogP contribution in [0.4, 0.5) is 0 Å². The van der Waals surface area contributed by atoms with Gasteiger partial charge in [-0.15, -0.1) is 11.3 Å². The van der Waals surface area contributed by atoms with Crippen molar-refractivity contribution < 1.29 is 9.90 Å². The molecule has 0 fully saturated rings. The van der Waals surface area contributed by atoms with Gasteiger partial charge in [0.15, 0.2) is 0 Å². The topological polar surface area (TPSA) is 50.2 Å². The van der Waals surface area contributed by atoms with Crippen LogP contribution in [0.1, 0.15) is 29.3 Å². The number of carboxylic acid groups (broad SMARTS) is 1. The molecule has 0 aliphatic heterocycles. The maximum atomic E-state index is 10.9. The highest BCUT2D eigenvalue weighted by molar-refractivity contribution is 7.12. The zero-order chi connectivity index (χ0) is 13.8. The van der Waals surface area contributed by atoms with Gasteiger partial charge in [0.1, 0.15) is 0 Å². The summed E-state index contributed by atoms with van der Waals surface area (Å²) in [5.41, 5.74) is 3.10. The Labute approximate surface area is 116 Å². The molecule has 100 valence electrons. The fourth-order valence-corrected chi connectivity index (χ4v) is 2.95. The third-order valence-corrected chi connectivity index (χ3v) is 4.19. The summed E-state index contributed by atoms with van der Waals surface area (Å²) < 4.78 is 0. The number of hydrogen-bond donors (Lipinski definition) is 1. The fourth-order valence-electron chi connectivity index (χ4n) is 1.93. The van der Waals surface area contributed by atoms with Crippen LogP contribution in [0.2, 0.25) is 0 Å². The van der Waals surface area contributed by atoms with E-state index in [1.54, 1.807) is 0 Å². The normalized spacial score (nSPS) is 10.6. The summed E-state index contributed by atoms with van der Waals surface area (Å²) in [6.45, 7) is 4.15. The van der Waals surface area contributed by atoms with Crippen LogP contribution in [0, 0.1) is 0 Å². The van der Waals surface area contributed by atoms with Crippen LogP contribution in [0.5, 0.6) is 0 Å². The van der Waals surface area contributed by atoms with Crippen molar-refractivity contribution in [3.63, 3.8) is 0 Å². The Balaban J connectivity index is 2.40. The maximum absolute atomic E-state index is 10.9. The van der Waals surface area contributed by atoms with Crippen LogP contribution in [-0.4, -0.2) is 16.1 Å². The van der Waals surface area contributed by atoms with Crippen molar-refractivity contribution in [1.29, 1.82) is 0 Å². The summed E-state index contributed by atoms with van der Waals surface area (Å²) in [4.78, 5) is 16.3. The number of rotatable bonds is 5. The van der Waals surface area contributed by atoms with E-state index in [0.717, 1.165) is 34.0 Å². The van der Waals surface area contributed by atoms with Gasteiger partial charge in [-0.05, 0) is 18.4 Å². The molecule has 2 aromatic rings. The molecule has 4 heteroatoms. The van der Waals surface area contributed by atoms with Gasteiger partial charge in [0.05, 0.1) is 17.1 Å². The van der Waals surface area contributed by atoms with E-state index in [4.69, 9.17) is 5.11 Å². The average Bonchev–Trinajstić information content (AvgIpc) is 2.81. The van der Waals surface area contributed by atoms with Gasteiger partial charge in [0.25, 0.3) is 0 Å². The molecular weight excluding hydrogens is 258 g/mol. The van der Waals surface area contributed by atoms with Crippen LogP contribution in [-0.2, 0) is 24.1 Å². The predicted molar refractivity (Wildman–Crippen MR) is 77.6 cm³/mol. The Bertz CT molecular complexity index is 572. The van der Waals surface area contributed by atoms with Crippen molar-refractivity contribution in [2.75, 3.05) is 0 Å².